The predicted molar refractivity (Wildman–Crippen MR) is 66.8 cm³/mol. The fourth-order valence-electron chi connectivity index (χ4n) is 2.14. The molecule has 1 rings (SSSR count). The van der Waals surface area contributed by atoms with Crippen molar-refractivity contribution in [1.29, 1.82) is 0 Å². The van der Waals surface area contributed by atoms with Crippen molar-refractivity contribution < 1.29 is 8.42 Å². The van der Waals surface area contributed by atoms with Gasteiger partial charge in [0, 0.05) is 10.9 Å². The Labute approximate surface area is 101 Å². The molecule has 3 nitrogen and oxygen atoms in total. The Morgan fingerprint density at radius 3 is 2.33 bits per heavy atom. The fourth-order valence-corrected chi connectivity index (χ4v) is 4.60. The van der Waals surface area contributed by atoms with Crippen molar-refractivity contribution >= 4 is 26.0 Å². The van der Waals surface area contributed by atoms with Gasteiger partial charge in [0.25, 0.3) is 0 Å². The first kappa shape index (κ1) is 13.5. The van der Waals surface area contributed by atoms with Gasteiger partial charge in [-0.15, -0.1) is 0 Å². The highest BCUT2D eigenvalue weighted by molar-refractivity contribution is 9.09. The summed E-state index contributed by atoms with van der Waals surface area (Å²) in [6, 6.07) is 0. The van der Waals surface area contributed by atoms with Gasteiger partial charge in [-0.2, -0.15) is 0 Å². The minimum absolute atomic E-state index is 0.216. The molecule has 1 saturated carbocycles. The quantitative estimate of drug-likeness (QED) is 0.792. The van der Waals surface area contributed by atoms with Gasteiger partial charge in [-0.25, -0.2) is 13.1 Å². The number of nitrogens with one attached hydrogen (secondary N) is 1. The second-order valence-corrected chi connectivity index (χ2v) is 6.80. The first-order valence-electron chi connectivity index (χ1n) is 5.61. The summed E-state index contributed by atoms with van der Waals surface area (Å²) in [6.45, 7) is 1.89. The van der Waals surface area contributed by atoms with Gasteiger partial charge in [0.1, 0.15) is 0 Å². The zero-order valence-corrected chi connectivity index (χ0v) is 11.7. The molecule has 1 aliphatic rings. The van der Waals surface area contributed by atoms with Gasteiger partial charge in [-0.1, -0.05) is 42.1 Å². The largest absolute Gasteiger partial charge is 0.212 e. The number of alkyl halides is 1. The van der Waals surface area contributed by atoms with Crippen LogP contribution in [0.1, 0.15) is 45.4 Å². The third-order valence-electron chi connectivity index (χ3n) is 2.91. The van der Waals surface area contributed by atoms with Crippen LogP contribution in [0.15, 0.2) is 0 Å². The summed E-state index contributed by atoms with van der Waals surface area (Å²) in [5.74, 6) is 0.238. The molecule has 0 aromatic rings. The third-order valence-corrected chi connectivity index (χ3v) is 5.67. The van der Waals surface area contributed by atoms with Crippen LogP contribution in [0.5, 0.6) is 0 Å². The summed E-state index contributed by atoms with van der Waals surface area (Å²) >= 11 is 3.44. The molecule has 1 aliphatic carbocycles. The van der Waals surface area contributed by atoms with E-state index in [-0.39, 0.29) is 11.3 Å². The van der Waals surface area contributed by atoms with E-state index in [1.807, 2.05) is 6.92 Å². The summed E-state index contributed by atoms with van der Waals surface area (Å²) in [5, 5.41) is 0.725. The van der Waals surface area contributed by atoms with Gasteiger partial charge < -0.3 is 0 Å². The summed E-state index contributed by atoms with van der Waals surface area (Å²) in [7, 11) is -3.08. The molecule has 0 bridgehead atoms. The molecule has 1 N–H and O–H groups in total. The maximum Gasteiger partial charge on any atom is 0.212 e. The maximum absolute atomic E-state index is 11.7. The highest BCUT2D eigenvalue weighted by Crippen LogP contribution is 2.30. The van der Waals surface area contributed by atoms with Gasteiger partial charge in [0.2, 0.25) is 10.0 Å². The van der Waals surface area contributed by atoms with Crippen LogP contribution < -0.4 is 4.72 Å². The summed E-state index contributed by atoms with van der Waals surface area (Å²) in [5.41, 5.74) is -0.216. The van der Waals surface area contributed by atoms with Gasteiger partial charge in [-0.3, -0.25) is 0 Å². The molecule has 0 heterocycles. The van der Waals surface area contributed by atoms with E-state index in [1.54, 1.807) is 0 Å². The smallest absolute Gasteiger partial charge is 0.212 e. The summed E-state index contributed by atoms with van der Waals surface area (Å²) < 4.78 is 26.3. The van der Waals surface area contributed by atoms with Gasteiger partial charge >= 0.3 is 0 Å². The van der Waals surface area contributed by atoms with E-state index >= 15 is 0 Å². The van der Waals surface area contributed by atoms with Crippen LogP contribution in [-0.4, -0.2) is 25.0 Å². The molecule has 0 saturated heterocycles. The van der Waals surface area contributed by atoms with Gasteiger partial charge in [0.05, 0.1) is 5.75 Å². The van der Waals surface area contributed by atoms with E-state index in [2.05, 4.69) is 20.7 Å². The average molecular weight is 298 g/mol. The molecule has 0 unspecified atom stereocenters. The molecule has 0 amide bonds. The van der Waals surface area contributed by atoms with E-state index in [4.69, 9.17) is 0 Å². The van der Waals surface area contributed by atoms with Crippen LogP contribution in [0.3, 0.4) is 0 Å². The number of hydrogen-bond donors (Lipinski definition) is 1. The molecule has 0 spiro atoms. The topological polar surface area (TPSA) is 46.2 Å². The fraction of sp³-hybridized carbons (Fsp3) is 1.00. The molecule has 5 heteroatoms. The SMILES string of the molecule is CCCS(=O)(=O)NC1(CBr)CCCCC1. The van der Waals surface area contributed by atoms with Crippen molar-refractivity contribution in [3.8, 4) is 0 Å². The van der Waals surface area contributed by atoms with E-state index in [9.17, 15) is 8.42 Å². The van der Waals surface area contributed by atoms with Crippen molar-refractivity contribution in [3.05, 3.63) is 0 Å². The van der Waals surface area contributed by atoms with E-state index in [1.165, 1.54) is 6.42 Å². The second-order valence-electron chi connectivity index (χ2n) is 4.40. The summed E-state index contributed by atoms with van der Waals surface area (Å²) in [4.78, 5) is 0. The molecule has 0 radical (unpaired) electrons. The predicted octanol–water partition coefficient (Wildman–Crippen LogP) is 2.41. The molecular formula is C10H20BrNO2S. The third kappa shape index (κ3) is 4.04. The number of halogens is 1. The molecule has 0 aromatic heterocycles. The Bertz CT molecular complexity index is 284. The van der Waals surface area contributed by atoms with Crippen molar-refractivity contribution in [2.24, 2.45) is 0 Å². The Balaban J connectivity index is 2.66. The minimum atomic E-state index is -3.08. The molecule has 0 aliphatic heterocycles. The number of hydrogen-bond acceptors (Lipinski definition) is 2. The summed E-state index contributed by atoms with van der Waals surface area (Å²) in [6.07, 6.45) is 6.07. The Morgan fingerprint density at radius 2 is 1.87 bits per heavy atom. The van der Waals surface area contributed by atoms with Crippen LogP contribution in [0.25, 0.3) is 0 Å². The number of rotatable bonds is 5. The molecule has 0 aromatic carbocycles. The van der Waals surface area contributed by atoms with Gasteiger partial charge in [-0.05, 0) is 19.3 Å². The zero-order chi connectivity index (χ0) is 11.4. The van der Waals surface area contributed by atoms with Crippen LogP contribution in [0, 0.1) is 0 Å². The number of sulfonamides is 1. The maximum atomic E-state index is 11.7. The van der Waals surface area contributed by atoms with E-state index < -0.39 is 10.0 Å². The van der Waals surface area contributed by atoms with Crippen LogP contribution in [0.2, 0.25) is 0 Å². The van der Waals surface area contributed by atoms with Gasteiger partial charge in [0.15, 0.2) is 0 Å². The average Bonchev–Trinajstić information content (AvgIpc) is 2.18. The molecule has 15 heavy (non-hydrogen) atoms. The van der Waals surface area contributed by atoms with Crippen molar-refractivity contribution in [3.63, 3.8) is 0 Å². The highest BCUT2D eigenvalue weighted by Gasteiger charge is 2.34. The minimum Gasteiger partial charge on any atom is -0.212 e. The lowest BCUT2D eigenvalue weighted by Crippen LogP contribution is -2.51. The lowest BCUT2D eigenvalue weighted by molar-refractivity contribution is 0.301. The van der Waals surface area contributed by atoms with Crippen molar-refractivity contribution in [2.75, 3.05) is 11.1 Å². The van der Waals surface area contributed by atoms with Crippen LogP contribution in [0.4, 0.5) is 0 Å². The molecule has 1 fully saturated rings. The van der Waals surface area contributed by atoms with Crippen molar-refractivity contribution in [1.82, 2.24) is 4.72 Å². The zero-order valence-electron chi connectivity index (χ0n) is 9.26. The molecule has 0 atom stereocenters. The lowest BCUT2D eigenvalue weighted by atomic mass is 9.84. The van der Waals surface area contributed by atoms with Crippen LogP contribution in [-0.2, 0) is 10.0 Å². The van der Waals surface area contributed by atoms with E-state index in [0.717, 1.165) is 31.0 Å². The molecular weight excluding hydrogens is 278 g/mol. The normalized spacial score (nSPS) is 21.5. The first-order chi connectivity index (χ1) is 7.04. The van der Waals surface area contributed by atoms with Crippen LogP contribution >= 0.6 is 15.9 Å². The first-order valence-corrected chi connectivity index (χ1v) is 8.38. The van der Waals surface area contributed by atoms with Crippen molar-refractivity contribution in [2.45, 2.75) is 51.0 Å². The Kier molecular flexibility index (Phi) is 5.06. The Morgan fingerprint density at radius 1 is 1.27 bits per heavy atom. The monoisotopic (exact) mass is 297 g/mol. The standard InChI is InChI=1S/C10H20BrNO2S/c1-2-8-15(13,14)12-10(9-11)6-4-3-5-7-10/h12H,2-9H2,1H3. The molecule has 90 valence electrons. The lowest BCUT2D eigenvalue weighted by Gasteiger charge is -2.36. The second kappa shape index (κ2) is 5.64. The Hall–Kier alpha value is 0.390. The van der Waals surface area contributed by atoms with E-state index in [0.29, 0.717) is 6.42 Å². The highest BCUT2D eigenvalue weighted by atomic mass is 79.9.